The third kappa shape index (κ3) is 3.12. The highest BCUT2D eigenvalue weighted by atomic mass is 16.6. The normalized spacial score (nSPS) is 24.3. The van der Waals surface area contributed by atoms with Crippen molar-refractivity contribution in [1.82, 2.24) is 14.9 Å². The van der Waals surface area contributed by atoms with Gasteiger partial charge in [-0.25, -0.2) is 9.88 Å². The number of amides is 2. The molecule has 11 heteroatoms. The molecular formula is C30H25N5O6. The number of para-hydroxylation sites is 2. The number of imide groups is 1. The van der Waals surface area contributed by atoms with Crippen molar-refractivity contribution < 1.29 is 19.2 Å². The second-order valence-electron chi connectivity index (χ2n) is 11.0. The second kappa shape index (κ2) is 8.55. The van der Waals surface area contributed by atoms with Gasteiger partial charge in [-0.2, -0.15) is 0 Å². The van der Waals surface area contributed by atoms with Crippen molar-refractivity contribution in [2.75, 3.05) is 12.0 Å². The maximum absolute atomic E-state index is 14.6. The monoisotopic (exact) mass is 551 g/mol. The number of nitrogens with zero attached hydrogens (tertiary/aromatic N) is 4. The SMILES string of the molecule is COc1ccc([N+](=O)[O-])cc1N1C(=O)[C@H]2[C@@H](C(C)C)N[C@]3(c4ccccc4-n4c3nc3ccccc3c4=O)[C@H]2C1=O. The number of benzene rings is 3. The zero-order chi connectivity index (χ0) is 28.8. The number of carbonyl (C=O) groups excluding carboxylic acids is 2. The van der Waals surface area contributed by atoms with Gasteiger partial charge in [0.1, 0.15) is 22.8 Å². The van der Waals surface area contributed by atoms with E-state index in [1.54, 1.807) is 28.8 Å². The number of nitro benzene ring substituents is 1. The molecule has 4 aromatic rings. The fourth-order valence-corrected chi connectivity index (χ4v) is 6.93. The Labute approximate surface area is 233 Å². The van der Waals surface area contributed by atoms with Gasteiger partial charge in [0, 0.05) is 23.7 Å². The van der Waals surface area contributed by atoms with Crippen LogP contribution in [-0.4, -0.2) is 39.4 Å². The van der Waals surface area contributed by atoms with Crippen molar-refractivity contribution in [2.45, 2.75) is 25.4 Å². The Hall–Kier alpha value is -4.90. The summed E-state index contributed by atoms with van der Waals surface area (Å²) in [5, 5.41) is 15.7. The Morgan fingerprint density at radius 2 is 1.73 bits per heavy atom. The number of nitrogens with one attached hydrogen (secondary N) is 1. The number of fused-ring (bicyclic) bond motifs is 8. The first-order chi connectivity index (χ1) is 19.7. The van der Waals surface area contributed by atoms with Crippen molar-refractivity contribution in [2.24, 2.45) is 17.8 Å². The molecule has 0 saturated carbocycles. The highest BCUT2D eigenvalue weighted by molar-refractivity contribution is 6.24. The van der Waals surface area contributed by atoms with Gasteiger partial charge in [-0.15, -0.1) is 0 Å². The van der Waals surface area contributed by atoms with Crippen LogP contribution in [0.25, 0.3) is 16.6 Å². The van der Waals surface area contributed by atoms with E-state index in [2.05, 4.69) is 5.32 Å². The number of anilines is 1. The van der Waals surface area contributed by atoms with Crippen LogP contribution >= 0.6 is 0 Å². The number of ether oxygens (including phenoxy) is 1. The minimum Gasteiger partial charge on any atom is -0.495 e. The van der Waals surface area contributed by atoms with Gasteiger partial charge in [-0.3, -0.25) is 34.4 Å². The van der Waals surface area contributed by atoms with E-state index in [-0.39, 0.29) is 28.6 Å². The smallest absolute Gasteiger partial charge is 0.271 e. The third-order valence-corrected chi connectivity index (χ3v) is 8.63. The molecule has 7 rings (SSSR count). The Bertz CT molecular complexity index is 1880. The van der Waals surface area contributed by atoms with Gasteiger partial charge in [0.2, 0.25) is 11.8 Å². The Balaban J connectivity index is 1.52. The molecule has 206 valence electrons. The summed E-state index contributed by atoms with van der Waals surface area (Å²) in [6, 6.07) is 17.7. The predicted octanol–water partition coefficient (Wildman–Crippen LogP) is 3.29. The van der Waals surface area contributed by atoms with E-state index in [0.717, 1.165) is 4.90 Å². The van der Waals surface area contributed by atoms with Crippen LogP contribution in [0.1, 0.15) is 25.2 Å². The van der Waals surface area contributed by atoms with Crippen molar-refractivity contribution in [3.8, 4) is 11.4 Å². The number of hydrogen-bond acceptors (Lipinski definition) is 8. The average molecular weight is 552 g/mol. The molecule has 0 unspecified atom stereocenters. The molecule has 3 aromatic carbocycles. The molecule has 1 spiro atoms. The average Bonchev–Trinajstić information content (AvgIpc) is 3.56. The molecule has 2 fully saturated rings. The molecular weight excluding hydrogens is 526 g/mol. The molecule has 0 bridgehead atoms. The van der Waals surface area contributed by atoms with Crippen LogP contribution in [0, 0.1) is 27.9 Å². The molecule has 0 radical (unpaired) electrons. The van der Waals surface area contributed by atoms with Crippen LogP contribution in [0.5, 0.6) is 5.75 Å². The van der Waals surface area contributed by atoms with Crippen molar-refractivity contribution in [3.63, 3.8) is 0 Å². The van der Waals surface area contributed by atoms with Gasteiger partial charge >= 0.3 is 0 Å². The third-order valence-electron chi connectivity index (χ3n) is 8.63. The van der Waals surface area contributed by atoms with Crippen molar-refractivity contribution in [1.29, 1.82) is 0 Å². The Kier molecular flexibility index (Phi) is 5.23. The number of non-ortho nitro benzene ring substituents is 1. The molecule has 2 amide bonds. The van der Waals surface area contributed by atoms with E-state index in [1.807, 2.05) is 38.1 Å². The number of nitro groups is 1. The highest BCUT2D eigenvalue weighted by Crippen LogP contribution is 2.57. The van der Waals surface area contributed by atoms with Gasteiger partial charge in [-0.05, 0) is 30.2 Å². The van der Waals surface area contributed by atoms with Gasteiger partial charge in [0.15, 0.2) is 0 Å². The van der Waals surface area contributed by atoms with Crippen molar-refractivity contribution in [3.05, 3.63) is 98.6 Å². The van der Waals surface area contributed by atoms with Crippen molar-refractivity contribution >= 4 is 34.1 Å². The lowest BCUT2D eigenvalue weighted by atomic mass is 9.75. The van der Waals surface area contributed by atoms with Crippen LogP contribution in [0.2, 0.25) is 0 Å². The molecule has 4 atom stereocenters. The molecule has 3 aliphatic heterocycles. The van der Waals surface area contributed by atoms with Crippen LogP contribution in [0.4, 0.5) is 11.4 Å². The number of methoxy groups -OCH3 is 1. The number of hydrogen-bond donors (Lipinski definition) is 1. The molecule has 4 heterocycles. The lowest BCUT2D eigenvalue weighted by molar-refractivity contribution is -0.384. The number of rotatable bonds is 4. The summed E-state index contributed by atoms with van der Waals surface area (Å²) in [6.07, 6.45) is 0. The summed E-state index contributed by atoms with van der Waals surface area (Å²) in [4.78, 5) is 59.7. The molecule has 1 N–H and O–H groups in total. The summed E-state index contributed by atoms with van der Waals surface area (Å²) < 4.78 is 6.98. The highest BCUT2D eigenvalue weighted by Gasteiger charge is 2.70. The molecule has 41 heavy (non-hydrogen) atoms. The largest absolute Gasteiger partial charge is 0.495 e. The summed E-state index contributed by atoms with van der Waals surface area (Å²) in [6.45, 7) is 3.92. The summed E-state index contributed by atoms with van der Waals surface area (Å²) in [5.74, 6) is -2.41. The van der Waals surface area contributed by atoms with Gasteiger partial charge in [-0.1, -0.05) is 44.2 Å². The maximum Gasteiger partial charge on any atom is 0.271 e. The van der Waals surface area contributed by atoms with E-state index < -0.39 is 40.2 Å². The lowest BCUT2D eigenvalue weighted by Crippen LogP contribution is -2.51. The molecule has 1 aromatic heterocycles. The summed E-state index contributed by atoms with van der Waals surface area (Å²) in [7, 11) is 1.38. The second-order valence-corrected chi connectivity index (χ2v) is 11.0. The van der Waals surface area contributed by atoms with E-state index in [0.29, 0.717) is 28.0 Å². The Morgan fingerprint density at radius 1 is 1.00 bits per heavy atom. The van der Waals surface area contributed by atoms with Gasteiger partial charge < -0.3 is 4.74 Å². The van der Waals surface area contributed by atoms with Crippen LogP contribution < -0.4 is 20.5 Å². The topological polar surface area (TPSA) is 137 Å². The Morgan fingerprint density at radius 3 is 2.46 bits per heavy atom. The quantitative estimate of drug-likeness (QED) is 0.232. The molecule has 0 aliphatic carbocycles. The standard InChI is InChI=1S/C30H25N5O6/c1-15(2)25-23-24(28(38)33(27(23)37)21-14-16(35(39)40)12-13-22(21)41-3)30(32-25)18-9-5-7-11-20(18)34-26(36)17-8-4-6-10-19(17)31-29(30)34/h4-15,23-25,32H,1-3H3/t23-,24-,25-,30-/m1/s1. The van der Waals surface area contributed by atoms with Crippen LogP contribution in [0.15, 0.2) is 71.5 Å². The fourth-order valence-electron chi connectivity index (χ4n) is 6.93. The van der Waals surface area contributed by atoms with Gasteiger partial charge in [0.05, 0.1) is 40.5 Å². The maximum atomic E-state index is 14.6. The lowest BCUT2D eigenvalue weighted by Gasteiger charge is -2.32. The first-order valence-electron chi connectivity index (χ1n) is 13.3. The molecule has 11 nitrogen and oxygen atoms in total. The summed E-state index contributed by atoms with van der Waals surface area (Å²) >= 11 is 0. The summed E-state index contributed by atoms with van der Waals surface area (Å²) in [5.41, 5.74) is -0.0806. The minimum atomic E-state index is -1.30. The fraction of sp³-hybridized carbons (Fsp3) is 0.267. The van der Waals surface area contributed by atoms with E-state index >= 15 is 0 Å². The van der Waals surface area contributed by atoms with E-state index in [4.69, 9.17) is 9.72 Å². The van der Waals surface area contributed by atoms with Crippen LogP contribution in [-0.2, 0) is 15.1 Å². The zero-order valence-corrected chi connectivity index (χ0v) is 22.4. The predicted molar refractivity (Wildman–Crippen MR) is 149 cm³/mol. The van der Waals surface area contributed by atoms with Crippen LogP contribution in [0.3, 0.4) is 0 Å². The van der Waals surface area contributed by atoms with Gasteiger partial charge in [0.25, 0.3) is 11.2 Å². The minimum absolute atomic E-state index is 0.0129. The first kappa shape index (κ1) is 25.1. The number of aromatic nitrogens is 2. The van der Waals surface area contributed by atoms with E-state index in [1.165, 1.54) is 25.3 Å². The van der Waals surface area contributed by atoms with E-state index in [9.17, 15) is 24.5 Å². The molecule has 3 aliphatic rings. The first-order valence-corrected chi connectivity index (χ1v) is 13.3. The zero-order valence-electron chi connectivity index (χ0n) is 22.4. The molecule has 2 saturated heterocycles. The number of carbonyl (C=O) groups is 2.